The zero-order valence-corrected chi connectivity index (χ0v) is 13.0. The Balaban J connectivity index is 4.44. The number of carbonyl (C=O) groups excluding carboxylic acids is 1. The maximum Gasteiger partial charge on any atom is 0.764 e. The summed E-state index contributed by atoms with van der Waals surface area (Å²) >= 11 is 0. The van der Waals surface area contributed by atoms with Crippen LogP contribution in [0.15, 0.2) is 4.99 Å². The quantitative estimate of drug-likeness (QED) is 0.117. The van der Waals surface area contributed by atoms with E-state index < -0.39 is 9.05 Å². The van der Waals surface area contributed by atoms with Gasteiger partial charge in [0.25, 0.3) is 0 Å². The topological polar surface area (TPSA) is 94.0 Å². The Morgan fingerprint density at radius 3 is 1.85 bits per heavy atom. The van der Waals surface area contributed by atoms with Crippen LogP contribution < -0.4 is 0 Å². The largest absolute Gasteiger partial charge is 0.764 e. The molecule has 20 heavy (non-hydrogen) atoms. The molecule has 0 spiro atoms. The lowest BCUT2D eigenvalue weighted by Crippen LogP contribution is -2.49. The molecule has 0 fully saturated rings. The van der Waals surface area contributed by atoms with Gasteiger partial charge in [-0.3, -0.25) is 0 Å². The van der Waals surface area contributed by atoms with Gasteiger partial charge >= 0.3 is 9.05 Å². The van der Waals surface area contributed by atoms with Gasteiger partial charge < -0.3 is 4.43 Å². The van der Waals surface area contributed by atoms with Gasteiger partial charge in [-0.05, 0) is 27.2 Å². The fourth-order valence-corrected chi connectivity index (χ4v) is 2.30. The average Bonchev–Trinajstić information content (AvgIpc) is 2.48. The van der Waals surface area contributed by atoms with Crippen molar-refractivity contribution in [2.24, 2.45) is 4.99 Å². The van der Waals surface area contributed by atoms with Crippen LogP contribution in [0.1, 0.15) is 27.2 Å². The predicted molar refractivity (Wildman–Crippen MR) is 67.4 cm³/mol. The summed E-state index contributed by atoms with van der Waals surface area (Å²) < 4.78 is 20.4. The van der Waals surface area contributed by atoms with Crippen molar-refractivity contribution >= 4 is 15.1 Å². The fraction of sp³-hybridized carbons (Fsp3) is 0.900. The van der Waals surface area contributed by atoms with Crippen LogP contribution in [0.5, 0.6) is 0 Å². The molecule has 0 bridgehead atoms. The molecule has 9 nitrogen and oxygen atoms in total. The molecule has 0 saturated heterocycles. The van der Waals surface area contributed by atoms with Gasteiger partial charge in [-0.25, -0.2) is 24.4 Å². The highest BCUT2D eigenvalue weighted by molar-refractivity contribution is 6.52. The summed E-state index contributed by atoms with van der Waals surface area (Å²) in [4.78, 5) is 27.8. The number of hydrogen-bond donors (Lipinski definition) is 0. The number of nitrogens with zero attached hydrogens (tertiary/aromatic N) is 1. The lowest BCUT2D eigenvalue weighted by Gasteiger charge is -2.23. The van der Waals surface area contributed by atoms with Crippen LogP contribution >= 0.6 is 0 Å². The summed E-state index contributed by atoms with van der Waals surface area (Å²) in [5.41, 5.74) is 0. The van der Waals surface area contributed by atoms with Crippen LogP contribution in [0.2, 0.25) is 0 Å². The van der Waals surface area contributed by atoms with E-state index in [0.717, 1.165) is 0 Å². The smallest absolute Gasteiger partial charge is 0.347 e. The van der Waals surface area contributed by atoms with E-state index in [1.807, 2.05) is 0 Å². The van der Waals surface area contributed by atoms with Gasteiger partial charge in [0.05, 0.1) is 26.4 Å². The van der Waals surface area contributed by atoms with E-state index in [9.17, 15) is 4.79 Å². The molecule has 0 aliphatic rings. The van der Waals surface area contributed by atoms with Crippen molar-refractivity contribution in [3.05, 3.63) is 0 Å². The van der Waals surface area contributed by atoms with E-state index in [0.29, 0.717) is 6.42 Å². The minimum absolute atomic E-state index is 0.157. The van der Waals surface area contributed by atoms with Crippen LogP contribution in [0.3, 0.4) is 0 Å². The van der Waals surface area contributed by atoms with Crippen molar-refractivity contribution in [2.75, 3.05) is 33.0 Å². The van der Waals surface area contributed by atoms with Gasteiger partial charge in [-0.1, -0.05) is 0 Å². The van der Waals surface area contributed by atoms with Gasteiger partial charge in [0.2, 0.25) is 6.08 Å². The summed E-state index contributed by atoms with van der Waals surface area (Å²) in [6, 6.07) is 0. The molecule has 0 aromatic carbocycles. The molecule has 0 radical (unpaired) electrons. The Hall–Kier alpha value is -0.683. The predicted octanol–water partition coefficient (Wildman–Crippen LogP) is 1.07. The second-order valence-corrected chi connectivity index (χ2v) is 4.93. The molecule has 10 heteroatoms. The van der Waals surface area contributed by atoms with Crippen molar-refractivity contribution < 1.29 is 37.6 Å². The van der Waals surface area contributed by atoms with Gasteiger partial charge in [0.15, 0.2) is 0 Å². The van der Waals surface area contributed by atoms with Gasteiger partial charge in [-0.2, -0.15) is 13.7 Å². The zero-order chi connectivity index (χ0) is 15.1. The van der Waals surface area contributed by atoms with Crippen molar-refractivity contribution in [3.8, 4) is 0 Å². The molecule has 0 N–H and O–H groups in total. The van der Waals surface area contributed by atoms with Crippen LogP contribution in [0.4, 0.5) is 0 Å². The molecule has 0 unspecified atom stereocenters. The van der Waals surface area contributed by atoms with E-state index in [1.165, 1.54) is 6.08 Å². The molecule has 0 aliphatic carbocycles. The Morgan fingerprint density at radius 1 is 0.950 bits per heavy atom. The van der Waals surface area contributed by atoms with E-state index in [1.54, 1.807) is 20.8 Å². The third-order valence-corrected chi connectivity index (χ3v) is 3.12. The van der Waals surface area contributed by atoms with Crippen molar-refractivity contribution in [1.82, 2.24) is 0 Å². The summed E-state index contributed by atoms with van der Waals surface area (Å²) in [6.07, 6.45) is 1.88. The lowest BCUT2D eigenvalue weighted by molar-refractivity contribution is -0.385. The third kappa shape index (κ3) is 9.26. The summed E-state index contributed by atoms with van der Waals surface area (Å²) in [5.74, 6) is 0. The molecule has 0 atom stereocenters. The Bertz CT molecular complexity index is 252. The highest BCUT2D eigenvalue weighted by Crippen LogP contribution is 2.14. The molecule has 118 valence electrons. The molecule has 0 aromatic rings. The summed E-state index contributed by atoms with van der Waals surface area (Å²) in [6.45, 7) is 6.38. The van der Waals surface area contributed by atoms with Crippen molar-refractivity contribution in [3.63, 3.8) is 0 Å². The molecule has 0 aliphatic heterocycles. The Kier molecular flexibility index (Phi) is 12.9. The maximum atomic E-state index is 9.93. The normalized spacial score (nSPS) is 11.3. The second kappa shape index (κ2) is 13.3. The molecule has 0 rings (SSSR count). The molecule has 0 heterocycles. The van der Waals surface area contributed by atoms with E-state index in [4.69, 9.17) is 32.8 Å². The first kappa shape index (κ1) is 19.3. The molecular formula is C10H21NO8Si. The van der Waals surface area contributed by atoms with Gasteiger partial charge in [0.1, 0.15) is 0 Å². The monoisotopic (exact) mass is 311 g/mol. The highest BCUT2D eigenvalue weighted by Gasteiger charge is 2.52. The SMILES string of the molecule is CCOO[Si](OCCCN=C=O)(OOCC)OOCC. The first-order chi connectivity index (χ1) is 9.74. The van der Waals surface area contributed by atoms with E-state index >= 15 is 0 Å². The van der Waals surface area contributed by atoms with E-state index in [2.05, 4.69) is 4.99 Å². The molecule has 0 saturated carbocycles. The summed E-state index contributed by atoms with van der Waals surface area (Å²) in [7, 11) is -3.73. The number of isocyanates is 1. The van der Waals surface area contributed by atoms with Crippen LogP contribution in [0.25, 0.3) is 0 Å². The summed E-state index contributed by atoms with van der Waals surface area (Å²) in [5, 5.41) is 0. The fourth-order valence-electron chi connectivity index (χ4n) is 0.894. The molecule has 0 amide bonds. The van der Waals surface area contributed by atoms with Crippen LogP contribution in [0, 0.1) is 0 Å². The minimum Gasteiger partial charge on any atom is -0.347 e. The van der Waals surface area contributed by atoms with Gasteiger partial charge in [0, 0.05) is 6.61 Å². The Labute approximate surface area is 119 Å². The zero-order valence-electron chi connectivity index (χ0n) is 12.0. The van der Waals surface area contributed by atoms with Crippen molar-refractivity contribution in [2.45, 2.75) is 27.2 Å². The maximum absolute atomic E-state index is 9.93. The molecule has 0 aromatic heterocycles. The third-order valence-electron chi connectivity index (χ3n) is 1.59. The first-order valence-corrected chi connectivity index (χ1v) is 7.97. The van der Waals surface area contributed by atoms with Crippen LogP contribution in [-0.4, -0.2) is 48.1 Å². The first-order valence-electron chi connectivity index (χ1n) is 6.34. The Morgan fingerprint density at radius 2 is 1.45 bits per heavy atom. The van der Waals surface area contributed by atoms with Crippen LogP contribution in [-0.2, 0) is 37.6 Å². The minimum atomic E-state index is -3.73. The number of rotatable bonds is 14. The second-order valence-electron chi connectivity index (χ2n) is 3.14. The standard InChI is InChI=1S/C10H21NO8Si/c1-4-13-17-20(18-14-5-2,19-15-6-3)16-9-7-8-11-10-12/h4-9H2,1-3H3. The average molecular weight is 311 g/mol. The van der Waals surface area contributed by atoms with Crippen molar-refractivity contribution in [1.29, 1.82) is 0 Å². The highest BCUT2D eigenvalue weighted by atomic mass is 28.4. The van der Waals surface area contributed by atoms with Gasteiger partial charge in [-0.15, -0.1) is 0 Å². The lowest BCUT2D eigenvalue weighted by atomic mass is 10.5. The van der Waals surface area contributed by atoms with E-state index in [-0.39, 0.29) is 33.0 Å². The number of hydrogen-bond acceptors (Lipinski definition) is 9. The molecular weight excluding hydrogens is 290 g/mol. The number of aliphatic imine (C=N–C) groups is 1.